The van der Waals surface area contributed by atoms with E-state index in [1.54, 1.807) is 22.8 Å². The van der Waals surface area contributed by atoms with Crippen LogP contribution in [0.5, 0.6) is 0 Å². The lowest BCUT2D eigenvalue weighted by Crippen LogP contribution is -2.44. The van der Waals surface area contributed by atoms with Crippen molar-refractivity contribution in [2.24, 2.45) is 5.92 Å². The molecule has 0 saturated carbocycles. The Morgan fingerprint density at radius 3 is 2.56 bits per heavy atom. The predicted molar refractivity (Wildman–Crippen MR) is 106 cm³/mol. The van der Waals surface area contributed by atoms with E-state index in [1.807, 2.05) is 43.5 Å². The summed E-state index contributed by atoms with van der Waals surface area (Å²) in [6, 6.07) is 9.63. The first kappa shape index (κ1) is 19.1. The maximum atomic E-state index is 12.5. The number of aryl methyl sites for hydroxylation is 1. The van der Waals surface area contributed by atoms with Gasteiger partial charge in [-0.1, -0.05) is 18.2 Å². The number of nitrogens with zero attached hydrogens (tertiary/aromatic N) is 4. The third kappa shape index (κ3) is 4.95. The van der Waals surface area contributed by atoms with Crippen molar-refractivity contribution in [3.63, 3.8) is 0 Å². The minimum Gasteiger partial charge on any atom is -0.323 e. The van der Waals surface area contributed by atoms with Gasteiger partial charge >= 0.3 is 0 Å². The minimum atomic E-state index is -0.0202. The van der Waals surface area contributed by atoms with Crippen LogP contribution in [0.3, 0.4) is 0 Å². The molecule has 27 heavy (non-hydrogen) atoms. The third-order valence-electron chi connectivity index (χ3n) is 5.06. The van der Waals surface area contributed by atoms with Gasteiger partial charge in [-0.25, -0.2) is 0 Å². The van der Waals surface area contributed by atoms with E-state index in [0.29, 0.717) is 6.54 Å². The number of rotatable bonds is 6. The average molecular weight is 369 g/mol. The topological polar surface area (TPSA) is 70.5 Å². The quantitative estimate of drug-likeness (QED) is 0.848. The molecule has 144 valence electrons. The monoisotopic (exact) mass is 369 g/mol. The molecule has 0 atom stereocenters. The standard InChI is InChI=1S/C20H27N5O2/c1-3-25-14-17(13-21-25)22-20(27)16-9-11-24(12-10-16)15-19(26)23(2)18-7-5-4-6-8-18/h4-8,13-14,16H,3,9-12,15H2,1-2H3,(H,22,27). The predicted octanol–water partition coefficient (Wildman–Crippen LogP) is 2.22. The lowest BCUT2D eigenvalue weighted by atomic mass is 9.96. The van der Waals surface area contributed by atoms with Crippen LogP contribution in [0, 0.1) is 5.92 Å². The van der Waals surface area contributed by atoms with Gasteiger partial charge in [0.05, 0.1) is 18.4 Å². The second kappa shape index (κ2) is 8.81. The molecule has 1 aliphatic heterocycles. The van der Waals surface area contributed by atoms with Crippen LogP contribution in [0.25, 0.3) is 0 Å². The second-order valence-corrected chi connectivity index (χ2v) is 6.91. The number of hydrogen-bond donors (Lipinski definition) is 1. The molecule has 1 N–H and O–H groups in total. The van der Waals surface area contributed by atoms with Crippen LogP contribution >= 0.6 is 0 Å². The number of piperidine rings is 1. The van der Waals surface area contributed by atoms with Crippen LogP contribution in [0.4, 0.5) is 11.4 Å². The maximum Gasteiger partial charge on any atom is 0.240 e. The van der Waals surface area contributed by atoms with Gasteiger partial charge in [0.2, 0.25) is 11.8 Å². The van der Waals surface area contributed by atoms with E-state index >= 15 is 0 Å². The molecule has 2 amide bonds. The van der Waals surface area contributed by atoms with Gasteiger partial charge in [-0.3, -0.25) is 19.2 Å². The van der Waals surface area contributed by atoms with E-state index < -0.39 is 0 Å². The Balaban J connectivity index is 1.45. The molecule has 0 spiro atoms. The Labute approximate surface area is 159 Å². The largest absolute Gasteiger partial charge is 0.323 e. The third-order valence-corrected chi connectivity index (χ3v) is 5.06. The molecule has 3 rings (SSSR count). The van der Waals surface area contributed by atoms with Crippen LogP contribution in [-0.4, -0.2) is 53.2 Å². The van der Waals surface area contributed by atoms with E-state index in [2.05, 4.69) is 15.3 Å². The minimum absolute atomic E-state index is 0.0202. The highest BCUT2D eigenvalue weighted by Gasteiger charge is 2.27. The van der Waals surface area contributed by atoms with E-state index in [9.17, 15) is 9.59 Å². The van der Waals surface area contributed by atoms with Crippen molar-refractivity contribution in [2.45, 2.75) is 26.3 Å². The van der Waals surface area contributed by atoms with Gasteiger partial charge in [0.25, 0.3) is 0 Å². The highest BCUT2D eigenvalue weighted by Crippen LogP contribution is 2.20. The summed E-state index contributed by atoms with van der Waals surface area (Å²) in [6.45, 7) is 4.66. The van der Waals surface area contributed by atoms with E-state index in [-0.39, 0.29) is 17.7 Å². The first-order valence-corrected chi connectivity index (χ1v) is 9.44. The number of hydrogen-bond acceptors (Lipinski definition) is 4. The Morgan fingerprint density at radius 1 is 1.22 bits per heavy atom. The summed E-state index contributed by atoms with van der Waals surface area (Å²) in [5, 5.41) is 7.12. The highest BCUT2D eigenvalue weighted by atomic mass is 16.2. The molecule has 1 aliphatic rings. The zero-order chi connectivity index (χ0) is 19.2. The molecular weight excluding hydrogens is 342 g/mol. The van der Waals surface area contributed by atoms with Gasteiger partial charge in [-0.05, 0) is 45.0 Å². The summed E-state index contributed by atoms with van der Waals surface area (Å²) in [5.74, 6) is 0.0855. The molecule has 1 aromatic carbocycles. The Hall–Kier alpha value is -2.67. The lowest BCUT2D eigenvalue weighted by molar-refractivity contribution is -0.122. The number of para-hydroxylation sites is 1. The maximum absolute atomic E-state index is 12.5. The van der Waals surface area contributed by atoms with Gasteiger partial charge in [-0.2, -0.15) is 5.10 Å². The number of carbonyl (C=O) groups is 2. The average Bonchev–Trinajstić information content (AvgIpc) is 3.16. The van der Waals surface area contributed by atoms with Crippen LogP contribution in [0.1, 0.15) is 19.8 Å². The Kier molecular flexibility index (Phi) is 6.24. The second-order valence-electron chi connectivity index (χ2n) is 6.91. The van der Waals surface area contributed by atoms with Gasteiger partial charge < -0.3 is 10.2 Å². The normalized spacial score (nSPS) is 15.5. The van der Waals surface area contributed by atoms with Crippen molar-refractivity contribution in [3.8, 4) is 0 Å². The molecular formula is C20H27N5O2. The summed E-state index contributed by atoms with van der Waals surface area (Å²) in [5.41, 5.74) is 1.63. The lowest BCUT2D eigenvalue weighted by Gasteiger charge is -2.31. The SMILES string of the molecule is CCn1cc(NC(=O)C2CCN(CC(=O)N(C)c3ccccc3)CC2)cn1. The first-order valence-electron chi connectivity index (χ1n) is 9.44. The summed E-state index contributed by atoms with van der Waals surface area (Å²) >= 11 is 0. The van der Waals surface area contributed by atoms with Crippen molar-refractivity contribution in [2.75, 3.05) is 36.9 Å². The van der Waals surface area contributed by atoms with Crippen LogP contribution < -0.4 is 10.2 Å². The molecule has 0 unspecified atom stereocenters. The molecule has 1 fully saturated rings. The van der Waals surface area contributed by atoms with E-state index in [4.69, 9.17) is 0 Å². The molecule has 0 radical (unpaired) electrons. The molecule has 1 aromatic heterocycles. The van der Waals surface area contributed by atoms with E-state index in [0.717, 1.165) is 43.9 Å². The fourth-order valence-electron chi connectivity index (χ4n) is 3.29. The fourth-order valence-corrected chi connectivity index (χ4v) is 3.29. The molecule has 7 heteroatoms. The van der Waals surface area contributed by atoms with Crippen molar-refractivity contribution in [1.82, 2.24) is 14.7 Å². The van der Waals surface area contributed by atoms with Crippen molar-refractivity contribution in [1.29, 1.82) is 0 Å². The van der Waals surface area contributed by atoms with Gasteiger partial charge in [0, 0.05) is 31.4 Å². The number of benzene rings is 1. The molecule has 0 aliphatic carbocycles. The molecule has 2 aromatic rings. The van der Waals surface area contributed by atoms with Gasteiger partial charge in [0.1, 0.15) is 0 Å². The van der Waals surface area contributed by atoms with Crippen molar-refractivity contribution < 1.29 is 9.59 Å². The smallest absolute Gasteiger partial charge is 0.240 e. The Bertz CT molecular complexity index is 766. The summed E-state index contributed by atoms with van der Waals surface area (Å²) in [7, 11) is 1.80. The first-order chi connectivity index (χ1) is 13.1. The van der Waals surface area contributed by atoms with Crippen LogP contribution in [0.2, 0.25) is 0 Å². The Morgan fingerprint density at radius 2 is 1.93 bits per heavy atom. The molecule has 7 nitrogen and oxygen atoms in total. The number of likely N-dealkylation sites (N-methyl/N-ethyl adjacent to an activating group) is 1. The number of aromatic nitrogens is 2. The van der Waals surface area contributed by atoms with Crippen LogP contribution in [-0.2, 0) is 16.1 Å². The molecule has 2 heterocycles. The number of likely N-dealkylation sites (tertiary alicyclic amines) is 1. The fraction of sp³-hybridized carbons (Fsp3) is 0.450. The summed E-state index contributed by atoms with van der Waals surface area (Å²) in [6.07, 6.45) is 5.03. The number of amides is 2. The summed E-state index contributed by atoms with van der Waals surface area (Å²) in [4.78, 5) is 28.8. The highest BCUT2D eigenvalue weighted by molar-refractivity contribution is 5.94. The molecule has 0 bridgehead atoms. The number of nitrogens with one attached hydrogen (secondary N) is 1. The van der Waals surface area contributed by atoms with Gasteiger partial charge in [-0.15, -0.1) is 0 Å². The van der Waals surface area contributed by atoms with Crippen molar-refractivity contribution >= 4 is 23.2 Å². The van der Waals surface area contributed by atoms with Gasteiger partial charge in [0.15, 0.2) is 0 Å². The summed E-state index contributed by atoms with van der Waals surface area (Å²) < 4.78 is 1.78. The van der Waals surface area contributed by atoms with Crippen molar-refractivity contribution in [3.05, 3.63) is 42.7 Å². The van der Waals surface area contributed by atoms with Crippen LogP contribution in [0.15, 0.2) is 42.7 Å². The molecule has 1 saturated heterocycles. The van der Waals surface area contributed by atoms with E-state index in [1.165, 1.54) is 0 Å². The number of carbonyl (C=O) groups excluding carboxylic acids is 2. The zero-order valence-corrected chi connectivity index (χ0v) is 16.0. The zero-order valence-electron chi connectivity index (χ0n) is 16.0. The number of anilines is 2.